The molecule has 1 heterocycles. The second-order valence-electron chi connectivity index (χ2n) is 6.30. The molecule has 8 heteroatoms. The van der Waals surface area contributed by atoms with E-state index in [0.717, 1.165) is 12.8 Å². The summed E-state index contributed by atoms with van der Waals surface area (Å²) in [6.45, 7) is 1.67. The van der Waals surface area contributed by atoms with E-state index in [9.17, 15) is 12.8 Å². The number of anilines is 1. The molecule has 1 N–H and O–H groups in total. The van der Waals surface area contributed by atoms with Crippen LogP contribution in [0.2, 0.25) is 0 Å². The maximum absolute atomic E-state index is 13.8. The molecule has 1 aliphatic carbocycles. The summed E-state index contributed by atoms with van der Waals surface area (Å²) in [7, 11) is -3.97. The summed E-state index contributed by atoms with van der Waals surface area (Å²) < 4.78 is 46.8. The zero-order valence-electron chi connectivity index (χ0n) is 13.9. The second kappa shape index (κ2) is 6.21. The first-order chi connectivity index (χ1) is 12.4. The number of nitrogens with zero attached hydrogens (tertiary/aromatic N) is 2. The standard InChI is InChI=1S/C18H16FN3O3S/c1-11-6-7-13(17-20-18(25-21-17)12-8-9-12)10-16(11)26(23,24)22-15-5-3-2-4-14(15)19/h2-7,10,12,22H,8-9H2,1H3. The number of para-hydroxylation sites is 1. The van der Waals surface area contributed by atoms with E-state index in [0.29, 0.717) is 28.8 Å². The molecule has 1 fully saturated rings. The molecule has 0 bridgehead atoms. The van der Waals surface area contributed by atoms with Crippen LogP contribution in [0.3, 0.4) is 0 Å². The maximum atomic E-state index is 13.8. The van der Waals surface area contributed by atoms with Gasteiger partial charge in [-0.3, -0.25) is 4.72 Å². The van der Waals surface area contributed by atoms with Crippen molar-refractivity contribution in [2.24, 2.45) is 0 Å². The van der Waals surface area contributed by atoms with E-state index in [1.54, 1.807) is 25.1 Å². The van der Waals surface area contributed by atoms with E-state index in [1.165, 1.54) is 24.3 Å². The molecular formula is C18H16FN3O3S. The Balaban J connectivity index is 1.69. The van der Waals surface area contributed by atoms with Gasteiger partial charge >= 0.3 is 0 Å². The van der Waals surface area contributed by atoms with E-state index >= 15 is 0 Å². The van der Waals surface area contributed by atoms with Crippen molar-refractivity contribution < 1.29 is 17.3 Å². The highest BCUT2D eigenvalue weighted by molar-refractivity contribution is 7.92. The van der Waals surface area contributed by atoms with Crippen LogP contribution in [0.15, 0.2) is 51.9 Å². The molecule has 1 aliphatic rings. The van der Waals surface area contributed by atoms with Crippen LogP contribution >= 0.6 is 0 Å². The largest absolute Gasteiger partial charge is 0.339 e. The molecule has 0 amide bonds. The van der Waals surface area contributed by atoms with Crippen molar-refractivity contribution in [2.45, 2.75) is 30.6 Å². The number of sulfonamides is 1. The molecule has 0 atom stereocenters. The lowest BCUT2D eigenvalue weighted by Gasteiger charge is -2.11. The molecule has 4 rings (SSSR count). The fraction of sp³-hybridized carbons (Fsp3) is 0.222. The van der Waals surface area contributed by atoms with Crippen LogP contribution in [-0.2, 0) is 10.0 Å². The molecule has 0 spiro atoms. The van der Waals surface area contributed by atoms with Crippen molar-refractivity contribution in [1.29, 1.82) is 0 Å². The Morgan fingerprint density at radius 1 is 1.19 bits per heavy atom. The fourth-order valence-electron chi connectivity index (χ4n) is 2.62. The van der Waals surface area contributed by atoms with Gasteiger partial charge in [0.25, 0.3) is 10.0 Å². The SMILES string of the molecule is Cc1ccc(-c2noc(C3CC3)n2)cc1S(=O)(=O)Nc1ccccc1F. The minimum absolute atomic E-state index is 0.0380. The predicted molar refractivity (Wildman–Crippen MR) is 93.7 cm³/mol. The Hall–Kier alpha value is -2.74. The summed E-state index contributed by atoms with van der Waals surface area (Å²) in [4.78, 5) is 4.38. The lowest BCUT2D eigenvalue weighted by atomic mass is 10.1. The third-order valence-corrected chi connectivity index (χ3v) is 5.73. The first kappa shape index (κ1) is 16.7. The quantitative estimate of drug-likeness (QED) is 0.734. The van der Waals surface area contributed by atoms with E-state index in [4.69, 9.17) is 4.52 Å². The third-order valence-electron chi connectivity index (χ3n) is 4.22. The van der Waals surface area contributed by atoms with Crippen LogP contribution in [-0.4, -0.2) is 18.6 Å². The molecule has 2 aromatic carbocycles. The normalized spacial score (nSPS) is 14.4. The Labute approximate surface area is 150 Å². The van der Waals surface area contributed by atoms with Crippen LogP contribution in [0.1, 0.15) is 30.2 Å². The van der Waals surface area contributed by atoms with Gasteiger partial charge in [0.2, 0.25) is 11.7 Å². The molecular weight excluding hydrogens is 357 g/mol. The van der Waals surface area contributed by atoms with Gasteiger partial charge in [-0.1, -0.05) is 29.4 Å². The molecule has 0 saturated heterocycles. The number of halogens is 1. The van der Waals surface area contributed by atoms with Gasteiger partial charge in [0.05, 0.1) is 10.6 Å². The van der Waals surface area contributed by atoms with Gasteiger partial charge in [0.15, 0.2) is 0 Å². The summed E-state index contributed by atoms with van der Waals surface area (Å²) in [5.74, 6) is 0.591. The summed E-state index contributed by atoms with van der Waals surface area (Å²) in [5.41, 5.74) is 0.955. The topological polar surface area (TPSA) is 85.1 Å². The summed E-state index contributed by atoms with van der Waals surface area (Å²) in [6, 6.07) is 10.5. The second-order valence-corrected chi connectivity index (χ2v) is 7.95. The maximum Gasteiger partial charge on any atom is 0.262 e. The summed E-state index contributed by atoms with van der Waals surface area (Å²) in [5, 5.41) is 3.94. The molecule has 1 saturated carbocycles. The van der Waals surface area contributed by atoms with Gasteiger partial charge in [-0.25, -0.2) is 12.8 Å². The Kier molecular flexibility index (Phi) is 3.99. The van der Waals surface area contributed by atoms with Gasteiger partial charge in [0.1, 0.15) is 5.82 Å². The summed E-state index contributed by atoms with van der Waals surface area (Å²) in [6.07, 6.45) is 2.06. The van der Waals surface area contributed by atoms with E-state index in [1.807, 2.05) is 0 Å². The van der Waals surface area contributed by atoms with Crippen molar-refractivity contribution >= 4 is 15.7 Å². The molecule has 0 radical (unpaired) electrons. The number of hydrogen-bond donors (Lipinski definition) is 1. The number of aromatic nitrogens is 2. The van der Waals surface area contributed by atoms with Crippen molar-refractivity contribution in [3.8, 4) is 11.4 Å². The highest BCUT2D eigenvalue weighted by Crippen LogP contribution is 2.39. The van der Waals surface area contributed by atoms with Gasteiger partial charge in [-0.15, -0.1) is 0 Å². The number of nitrogens with one attached hydrogen (secondary N) is 1. The Bertz CT molecular complexity index is 1070. The number of benzene rings is 2. The molecule has 0 aliphatic heterocycles. The zero-order valence-corrected chi connectivity index (χ0v) is 14.8. The Morgan fingerprint density at radius 3 is 2.69 bits per heavy atom. The predicted octanol–water partition coefficient (Wildman–Crippen LogP) is 3.86. The van der Waals surface area contributed by atoms with Gasteiger partial charge in [-0.05, 0) is 43.5 Å². The van der Waals surface area contributed by atoms with Crippen molar-refractivity contribution in [3.63, 3.8) is 0 Å². The van der Waals surface area contributed by atoms with Crippen molar-refractivity contribution in [1.82, 2.24) is 10.1 Å². The van der Waals surface area contributed by atoms with E-state index in [-0.39, 0.29) is 10.6 Å². The zero-order chi connectivity index (χ0) is 18.3. The molecule has 3 aromatic rings. The van der Waals surface area contributed by atoms with Crippen molar-refractivity contribution in [2.75, 3.05) is 4.72 Å². The average Bonchev–Trinajstić information content (AvgIpc) is 3.34. The lowest BCUT2D eigenvalue weighted by molar-refractivity contribution is 0.380. The minimum atomic E-state index is -3.97. The number of aryl methyl sites for hydroxylation is 1. The monoisotopic (exact) mass is 373 g/mol. The van der Waals surface area contributed by atoms with Gasteiger partial charge in [0, 0.05) is 11.5 Å². The third kappa shape index (κ3) is 3.20. The first-order valence-electron chi connectivity index (χ1n) is 8.16. The van der Waals surface area contributed by atoms with Gasteiger partial charge in [-0.2, -0.15) is 4.98 Å². The molecule has 26 heavy (non-hydrogen) atoms. The summed E-state index contributed by atoms with van der Waals surface area (Å²) >= 11 is 0. The first-order valence-corrected chi connectivity index (χ1v) is 9.64. The van der Waals surface area contributed by atoms with E-state index in [2.05, 4.69) is 14.9 Å². The van der Waals surface area contributed by atoms with Crippen molar-refractivity contribution in [3.05, 3.63) is 59.7 Å². The molecule has 0 unspecified atom stereocenters. The van der Waals surface area contributed by atoms with Crippen LogP contribution < -0.4 is 4.72 Å². The van der Waals surface area contributed by atoms with E-state index < -0.39 is 15.8 Å². The average molecular weight is 373 g/mol. The van der Waals surface area contributed by atoms with Crippen LogP contribution in [0.4, 0.5) is 10.1 Å². The molecule has 134 valence electrons. The smallest absolute Gasteiger partial charge is 0.262 e. The molecule has 1 aromatic heterocycles. The number of rotatable bonds is 5. The highest BCUT2D eigenvalue weighted by Gasteiger charge is 2.30. The molecule has 6 nitrogen and oxygen atoms in total. The Morgan fingerprint density at radius 2 is 1.96 bits per heavy atom. The van der Waals surface area contributed by atoms with Crippen LogP contribution in [0, 0.1) is 12.7 Å². The minimum Gasteiger partial charge on any atom is -0.339 e. The van der Waals surface area contributed by atoms with Gasteiger partial charge < -0.3 is 4.52 Å². The fourth-order valence-corrected chi connectivity index (χ4v) is 3.96. The van der Waals surface area contributed by atoms with Crippen LogP contribution in [0.25, 0.3) is 11.4 Å². The number of hydrogen-bond acceptors (Lipinski definition) is 5. The lowest BCUT2D eigenvalue weighted by Crippen LogP contribution is -2.15. The van der Waals surface area contributed by atoms with Crippen LogP contribution in [0.5, 0.6) is 0 Å². The highest BCUT2D eigenvalue weighted by atomic mass is 32.2.